The molecule has 0 saturated heterocycles. The number of benzene rings is 1. The fraction of sp³-hybridized carbons (Fsp3) is 0.385. The van der Waals surface area contributed by atoms with E-state index in [9.17, 15) is 18.0 Å². The van der Waals surface area contributed by atoms with Crippen molar-refractivity contribution < 1.29 is 22.7 Å². The largest absolute Gasteiger partial charge is 0.465 e. The standard InChI is InChI=1S/C13H17NO5S/c1-19-13(16)10-6-3-4-7-11(10)14-12(15)8-5-9-20(2,17)18/h3-4,6-7H,5,8-9H2,1-2H3,(H,14,15). The summed E-state index contributed by atoms with van der Waals surface area (Å²) < 4.78 is 26.5. The van der Waals surface area contributed by atoms with Crippen LogP contribution in [0.2, 0.25) is 0 Å². The van der Waals surface area contributed by atoms with Gasteiger partial charge in [-0.3, -0.25) is 4.79 Å². The zero-order valence-corrected chi connectivity index (χ0v) is 12.2. The second kappa shape index (κ2) is 7.04. The molecule has 1 aromatic carbocycles. The lowest BCUT2D eigenvalue weighted by Gasteiger charge is -2.09. The molecule has 0 bridgehead atoms. The predicted octanol–water partition coefficient (Wildman–Crippen LogP) is 1.24. The van der Waals surface area contributed by atoms with Crippen molar-refractivity contribution in [1.82, 2.24) is 0 Å². The van der Waals surface area contributed by atoms with E-state index in [0.29, 0.717) is 5.69 Å². The molecule has 1 amide bonds. The minimum Gasteiger partial charge on any atom is -0.465 e. The normalized spacial score (nSPS) is 10.9. The van der Waals surface area contributed by atoms with Crippen LogP contribution in [-0.4, -0.2) is 39.4 Å². The van der Waals surface area contributed by atoms with Crippen molar-refractivity contribution in [2.45, 2.75) is 12.8 Å². The van der Waals surface area contributed by atoms with Gasteiger partial charge >= 0.3 is 5.97 Å². The average molecular weight is 299 g/mol. The Morgan fingerprint density at radius 2 is 1.90 bits per heavy atom. The molecule has 0 aromatic heterocycles. The van der Waals surface area contributed by atoms with E-state index in [0.717, 1.165) is 6.26 Å². The molecule has 0 radical (unpaired) electrons. The zero-order valence-electron chi connectivity index (χ0n) is 11.4. The van der Waals surface area contributed by atoms with Crippen molar-refractivity contribution in [1.29, 1.82) is 0 Å². The number of carbonyl (C=O) groups excluding carboxylic acids is 2. The minimum atomic E-state index is -3.07. The van der Waals surface area contributed by atoms with E-state index < -0.39 is 15.8 Å². The van der Waals surface area contributed by atoms with Gasteiger partial charge in [0.05, 0.1) is 24.1 Å². The van der Waals surface area contributed by atoms with Gasteiger partial charge in [-0.15, -0.1) is 0 Å². The van der Waals surface area contributed by atoms with Gasteiger partial charge < -0.3 is 10.1 Å². The summed E-state index contributed by atoms with van der Waals surface area (Å²) in [7, 11) is -1.82. The van der Waals surface area contributed by atoms with Crippen LogP contribution < -0.4 is 5.32 Å². The Kier molecular flexibility index (Phi) is 5.69. The summed E-state index contributed by atoms with van der Waals surface area (Å²) in [6, 6.07) is 6.46. The number of nitrogens with one attached hydrogen (secondary N) is 1. The summed E-state index contributed by atoms with van der Waals surface area (Å²) in [5, 5.41) is 2.58. The smallest absolute Gasteiger partial charge is 0.339 e. The molecule has 0 fully saturated rings. The number of esters is 1. The molecule has 0 aliphatic carbocycles. The first-order valence-electron chi connectivity index (χ1n) is 5.98. The van der Waals surface area contributed by atoms with Crippen molar-refractivity contribution in [3.05, 3.63) is 29.8 Å². The molecule has 110 valence electrons. The van der Waals surface area contributed by atoms with Crippen LogP contribution >= 0.6 is 0 Å². The predicted molar refractivity (Wildman–Crippen MR) is 75.4 cm³/mol. The number of sulfone groups is 1. The van der Waals surface area contributed by atoms with Gasteiger partial charge in [0.15, 0.2) is 0 Å². The number of para-hydroxylation sites is 1. The van der Waals surface area contributed by atoms with Gasteiger partial charge in [-0.2, -0.15) is 0 Å². The topological polar surface area (TPSA) is 89.5 Å². The lowest BCUT2D eigenvalue weighted by Crippen LogP contribution is -2.16. The Balaban J connectivity index is 2.65. The lowest BCUT2D eigenvalue weighted by atomic mass is 10.1. The first kappa shape index (κ1) is 16.2. The van der Waals surface area contributed by atoms with Gasteiger partial charge in [0.25, 0.3) is 0 Å². The zero-order chi connectivity index (χ0) is 15.2. The summed E-state index contributed by atoms with van der Waals surface area (Å²) in [5.41, 5.74) is 0.607. The van der Waals surface area contributed by atoms with Crippen molar-refractivity contribution in [3.8, 4) is 0 Å². The maximum atomic E-state index is 11.7. The maximum absolute atomic E-state index is 11.7. The Labute approximate surface area is 118 Å². The van der Waals surface area contributed by atoms with Crippen LogP contribution in [0.4, 0.5) is 5.69 Å². The SMILES string of the molecule is COC(=O)c1ccccc1NC(=O)CCCS(C)(=O)=O. The van der Waals surface area contributed by atoms with Crippen molar-refractivity contribution in [3.63, 3.8) is 0 Å². The monoisotopic (exact) mass is 299 g/mol. The summed E-state index contributed by atoms with van der Waals surface area (Å²) in [5.74, 6) is -0.930. The number of amides is 1. The highest BCUT2D eigenvalue weighted by molar-refractivity contribution is 7.90. The van der Waals surface area contributed by atoms with E-state index in [-0.39, 0.29) is 30.1 Å². The fourth-order valence-electron chi connectivity index (χ4n) is 1.59. The van der Waals surface area contributed by atoms with Crippen molar-refractivity contribution >= 4 is 27.4 Å². The molecular formula is C13H17NO5S. The molecule has 0 aliphatic heterocycles. The number of hydrogen-bond acceptors (Lipinski definition) is 5. The Morgan fingerprint density at radius 3 is 2.50 bits per heavy atom. The average Bonchev–Trinajstić information content (AvgIpc) is 2.37. The van der Waals surface area contributed by atoms with E-state index in [4.69, 9.17) is 0 Å². The third-order valence-electron chi connectivity index (χ3n) is 2.53. The van der Waals surface area contributed by atoms with Crippen LogP contribution in [0, 0.1) is 0 Å². The fourth-order valence-corrected chi connectivity index (χ4v) is 2.26. The number of carbonyl (C=O) groups is 2. The molecule has 20 heavy (non-hydrogen) atoms. The summed E-state index contributed by atoms with van der Waals surface area (Å²) in [6.07, 6.45) is 1.44. The third-order valence-corrected chi connectivity index (χ3v) is 3.56. The van der Waals surface area contributed by atoms with Crippen LogP contribution in [0.3, 0.4) is 0 Å². The van der Waals surface area contributed by atoms with Crippen molar-refractivity contribution in [2.75, 3.05) is 24.4 Å². The number of ether oxygens (including phenoxy) is 1. The number of anilines is 1. The molecule has 0 atom stereocenters. The first-order valence-corrected chi connectivity index (χ1v) is 8.04. The van der Waals surface area contributed by atoms with Gasteiger partial charge in [-0.05, 0) is 18.6 Å². The molecule has 1 rings (SSSR count). The summed E-state index contributed by atoms with van der Waals surface area (Å²) in [6.45, 7) is 0. The molecule has 1 aromatic rings. The Hall–Kier alpha value is -1.89. The van der Waals surface area contributed by atoms with Gasteiger partial charge in [-0.25, -0.2) is 13.2 Å². The number of methoxy groups -OCH3 is 1. The summed E-state index contributed by atoms with van der Waals surface area (Å²) in [4.78, 5) is 23.2. The Morgan fingerprint density at radius 1 is 1.25 bits per heavy atom. The van der Waals surface area contributed by atoms with Crippen LogP contribution in [0.5, 0.6) is 0 Å². The van der Waals surface area contributed by atoms with Crippen molar-refractivity contribution in [2.24, 2.45) is 0 Å². The van der Waals surface area contributed by atoms with E-state index in [1.807, 2.05) is 0 Å². The molecular weight excluding hydrogens is 282 g/mol. The molecule has 1 N–H and O–H groups in total. The Bertz CT molecular complexity index is 595. The molecule has 0 spiro atoms. The van der Waals surface area contributed by atoms with E-state index in [1.54, 1.807) is 18.2 Å². The lowest BCUT2D eigenvalue weighted by molar-refractivity contribution is -0.116. The van der Waals surface area contributed by atoms with Gasteiger partial charge in [0.2, 0.25) is 5.91 Å². The minimum absolute atomic E-state index is 0.0426. The number of hydrogen-bond donors (Lipinski definition) is 1. The van der Waals surface area contributed by atoms with E-state index in [1.165, 1.54) is 13.2 Å². The molecule has 0 aliphatic rings. The van der Waals surface area contributed by atoms with Gasteiger partial charge in [0.1, 0.15) is 9.84 Å². The van der Waals surface area contributed by atoms with Crippen LogP contribution in [0.1, 0.15) is 23.2 Å². The molecule has 0 saturated carbocycles. The van der Waals surface area contributed by atoms with E-state index in [2.05, 4.69) is 10.1 Å². The number of rotatable bonds is 6. The first-order chi connectivity index (χ1) is 9.33. The van der Waals surface area contributed by atoms with Crippen LogP contribution in [0.15, 0.2) is 24.3 Å². The quantitative estimate of drug-likeness (QED) is 0.798. The van der Waals surface area contributed by atoms with Crippen LogP contribution in [-0.2, 0) is 19.4 Å². The van der Waals surface area contributed by atoms with Gasteiger partial charge in [-0.1, -0.05) is 12.1 Å². The summed E-state index contributed by atoms with van der Waals surface area (Å²) >= 11 is 0. The van der Waals surface area contributed by atoms with Crippen LogP contribution in [0.25, 0.3) is 0 Å². The maximum Gasteiger partial charge on any atom is 0.339 e. The van der Waals surface area contributed by atoms with Gasteiger partial charge in [0, 0.05) is 12.7 Å². The molecule has 0 heterocycles. The molecule has 7 heteroatoms. The highest BCUT2D eigenvalue weighted by Crippen LogP contribution is 2.16. The third kappa shape index (κ3) is 5.40. The second-order valence-corrected chi connectivity index (χ2v) is 6.58. The second-order valence-electron chi connectivity index (χ2n) is 4.32. The molecule has 0 unspecified atom stereocenters. The van der Waals surface area contributed by atoms with E-state index >= 15 is 0 Å². The highest BCUT2D eigenvalue weighted by atomic mass is 32.2. The highest BCUT2D eigenvalue weighted by Gasteiger charge is 2.13. The molecule has 6 nitrogen and oxygen atoms in total.